The Balaban J connectivity index is 1.35. The van der Waals surface area contributed by atoms with Crippen molar-refractivity contribution in [2.45, 2.75) is 0 Å². The van der Waals surface area contributed by atoms with Crippen molar-refractivity contribution in [2.75, 3.05) is 0 Å². The summed E-state index contributed by atoms with van der Waals surface area (Å²) in [5.41, 5.74) is 7.91. The monoisotopic (exact) mass is 528 g/mol. The van der Waals surface area contributed by atoms with Gasteiger partial charge in [-0.05, 0) is 104 Å². The lowest BCUT2D eigenvalue weighted by molar-refractivity contribution is 1.69. The van der Waals surface area contributed by atoms with Gasteiger partial charge in [-0.2, -0.15) is 0 Å². The van der Waals surface area contributed by atoms with Crippen LogP contribution in [0, 0.1) is 0 Å². The topological polar surface area (TPSA) is 0 Å². The van der Waals surface area contributed by atoms with E-state index in [0.717, 1.165) is 0 Å². The molecule has 9 aromatic carbocycles. The summed E-state index contributed by atoms with van der Waals surface area (Å²) in [7, 11) is 0. The summed E-state index contributed by atoms with van der Waals surface area (Å²) in [6, 6.07) is 54.2. The third kappa shape index (κ3) is 2.77. The lowest BCUT2D eigenvalue weighted by Gasteiger charge is -2.17. The summed E-state index contributed by atoms with van der Waals surface area (Å²) in [6.45, 7) is 0. The number of rotatable bonds is 1. The van der Waals surface area contributed by atoms with Gasteiger partial charge in [0.2, 0.25) is 0 Å². The minimum Gasteiger partial charge on any atom is -0.0616 e. The third-order valence-corrected chi connectivity index (χ3v) is 9.57. The molecule has 0 saturated heterocycles. The molecule has 0 N–H and O–H groups in total. The summed E-state index contributed by atoms with van der Waals surface area (Å²) in [4.78, 5) is 0. The van der Waals surface area contributed by atoms with Gasteiger partial charge in [-0.25, -0.2) is 0 Å². The van der Waals surface area contributed by atoms with Crippen LogP contribution in [0.3, 0.4) is 0 Å². The molecule has 0 spiro atoms. The average Bonchev–Trinajstić information content (AvgIpc) is 3.39. The zero-order valence-electron chi connectivity index (χ0n) is 22.9. The average molecular weight is 529 g/mol. The van der Waals surface area contributed by atoms with Crippen LogP contribution in [0.25, 0.3) is 98.0 Å². The van der Waals surface area contributed by atoms with Gasteiger partial charge in [0, 0.05) is 0 Å². The maximum absolute atomic E-state index is 2.44. The van der Waals surface area contributed by atoms with E-state index >= 15 is 0 Å². The molecule has 0 amide bonds. The summed E-state index contributed by atoms with van der Waals surface area (Å²) < 4.78 is 0. The van der Waals surface area contributed by atoms with Crippen molar-refractivity contribution in [3.05, 3.63) is 146 Å². The van der Waals surface area contributed by atoms with Gasteiger partial charge < -0.3 is 0 Å². The third-order valence-electron chi connectivity index (χ3n) is 9.57. The molecular formula is C42H24. The van der Waals surface area contributed by atoms with E-state index in [0.29, 0.717) is 0 Å². The maximum atomic E-state index is 2.44. The molecule has 0 fully saturated rings. The highest BCUT2D eigenvalue weighted by Crippen LogP contribution is 2.50. The minimum absolute atomic E-state index is 1.26. The summed E-state index contributed by atoms with van der Waals surface area (Å²) in [6.07, 6.45) is 0. The summed E-state index contributed by atoms with van der Waals surface area (Å²) in [5, 5.41) is 15.9. The van der Waals surface area contributed by atoms with E-state index < -0.39 is 0 Å². The lowest BCUT2D eigenvalue weighted by Crippen LogP contribution is -1.89. The number of fused-ring (bicyclic) bond motifs is 14. The molecule has 0 nitrogen and oxygen atoms in total. The molecule has 42 heavy (non-hydrogen) atoms. The van der Waals surface area contributed by atoms with Crippen molar-refractivity contribution in [1.82, 2.24) is 0 Å². The predicted octanol–water partition coefficient (Wildman–Crippen LogP) is 11.9. The molecule has 0 heterocycles. The van der Waals surface area contributed by atoms with Crippen LogP contribution in [0.4, 0.5) is 0 Å². The maximum Gasteiger partial charge on any atom is -0.00139 e. The quantitative estimate of drug-likeness (QED) is 0.186. The molecule has 1 aliphatic rings. The fraction of sp³-hybridized carbons (Fsp3) is 0. The van der Waals surface area contributed by atoms with Crippen LogP contribution in [0.2, 0.25) is 0 Å². The van der Waals surface area contributed by atoms with Gasteiger partial charge in [0.05, 0.1) is 0 Å². The Morgan fingerprint density at radius 2 is 0.643 bits per heavy atom. The Morgan fingerprint density at radius 3 is 1.26 bits per heavy atom. The van der Waals surface area contributed by atoms with Crippen LogP contribution in [0.15, 0.2) is 146 Å². The van der Waals surface area contributed by atoms with Crippen molar-refractivity contribution in [1.29, 1.82) is 0 Å². The first-order valence-corrected chi connectivity index (χ1v) is 14.7. The SMILES string of the molecule is c1ccc2c(c1)-c1cccc3c(-c4ccc5c(c4)c4ccccc4c4c6ccccc6c6ccccc6c54)ccc-2c13. The van der Waals surface area contributed by atoms with Crippen LogP contribution in [0.5, 0.6) is 0 Å². The van der Waals surface area contributed by atoms with E-state index in [9.17, 15) is 0 Å². The number of hydrogen-bond acceptors (Lipinski definition) is 0. The molecule has 1 aliphatic carbocycles. The zero-order valence-corrected chi connectivity index (χ0v) is 22.9. The molecule has 0 radical (unpaired) electrons. The largest absolute Gasteiger partial charge is 0.0616 e. The molecule has 10 rings (SSSR count). The highest BCUT2D eigenvalue weighted by molar-refractivity contribution is 6.39. The van der Waals surface area contributed by atoms with Gasteiger partial charge in [0.15, 0.2) is 0 Å². The van der Waals surface area contributed by atoms with E-state index in [1.807, 2.05) is 0 Å². The second-order valence-electron chi connectivity index (χ2n) is 11.6. The predicted molar refractivity (Wildman–Crippen MR) is 181 cm³/mol. The van der Waals surface area contributed by atoms with Crippen molar-refractivity contribution in [2.24, 2.45) is 0 Å². The Bertz CT molecular complexity index is 2590. The van der Waals surface area contributed by atoms with Crippen LogP contribution < -0.4 is 0 Å². The smallest absolute Gasteiger partial charge is 0.00139 e. The van der Waals surface area contributed by atoms with E-state index in [4.69, 9.17) is 0 Å². The molecule has 0 heteroatoms. The van der Waals surface area contributed by atoms with Gasteiger partial charge in [0.1, 0.15) is 0 Å². The second-order valence-corrected chi connectivity index (χ2v) is 11.6. The molecule has 192 valence electrons. The number of hydrogen-bond donors (Lipinski definition) is 0. The fourth-order valence-corrected chi connectivity index (χ4v) is 7.85. The first kappa shape index (κ1) is 22.3. The van der Waals surface area contributed by atoms with Gasteiger partial charge >= 0.3 is 0 Å². The highest BCUT2D eigenvalue weighted by atomic mass is 14.3. The van der Waals surface area contributed by atoms with Crippen LogP contribution in [0.1, 0.15) is 0 Å². The lowest BCUT2D eigenvalue weighted by atomic mass is 9.86. The Hall–Kier alpha value is -5.46. The molecular weight excluding hydrogens is 504 g/mol. The van der Waals surface area contributed by atoms with Crippen LogP contribution >= 0.6 is 0 Å². The zero-order chi connectivity index (χ0) is 27.4. The van der Waals surface area contributed by atoms with Gasteiger partial charge in [-0.3, -0.25) is 0 Å². The molecule has 0 saturated carbocycles. The Morgan fingerprint density at radius 1 is 0.214 bits per heavy atom. The van der Waals surface area contributed by atoms with Gasteiger partial charge in [-0.15, -0.1) is 0 Å². The van der Waals surface area contributed by atoms with Crippen LogP contribution in [-0.4, -0.2) is 0 Å². The van der Waals surface area contributed by atoms with E-state index in [1.54, 1.807) is 0 Å². The molecule has 0 atom stereocenters. The molecule has 0 aromatic heterocycles. The Kier molecular flexibility index (Phi) is 4.27. The first-order valence-electron chi connectivity index (χ1n) is 14.7. The Labute approximate surface area is 243 Å². The standard InChI is InChI=1S/C42H24/c1-2-13-30-27(10-1)33-19-9-18-32-26(22-23-37(30)40(32)33)25-20-21-38-39(24-25)31-14-5-8-17-36(31)41-34-15-6-3-11-28(34)29-12-4-7-16-35(29)42(38)41/h1-24H. The molecule has 9 aromatic rings. The second kappa shape index (κ2) is 8.06. The highest BCUT2D eigenvalue weighted by Gasteiger charge is 2.22. The minimum atomic E-state index is 1.26. The van der Waals surface area contributed by atoms with Crippen LogP contribution in [-0.2, 0) is 0 Å². The summed E-state index contributed by atoms with van der Waals surface area (Å²) in [5.74, 6) is 0. The molecule has 0 unspecified atom stereocenters. The van der Waals surface area contributed by atoms with E-state index in [2.05, 4.69) is 146 Å². The van der Waals surface area contributed by atoms with Gasteiger partial charge in [-0.1, -0.05) is 140 Å². The van der Waals surface area contributed by atoms with E-state index in [-0.39, 0.29) is 0 Å². The van der Waals surface area contributed by atoms with Gasteiger partial charge in [0.25, 0.3) is 0 Å². The van der Waals surface area contributed by atoms with Crippen molar-refractivity contribution < 1.29 is 0 Å². The fourth-order valence-electron chi connectivity index (χ4n) is 7.85. The normalized spacial score (nSPS) is 12.3. The summed E-state index contributed by atoms with van der Waals surface area (Å²) >= 11 is 0. The van der Waals surface area contributed by atoms with Crippen molar-refractivity contribution in [3.8, 4) is 33.4 Å². The van der Waals surface area contributed by atoms with Crippen molar-refractivity contribution >= 4 is 64.6 Å². The molecule has 0 bridgehead atoms. The first-order chi connectivity index (χ1) is 20.9. The van der Waals surface area contributed by atoms with E-state index in [1.165, 1.54) is 98.0 Å². The van der Waals surface area contributed by atoms with Crippen molar-refractivity contribution in [3.63, 3.8) is 0 Å². The molecule has 0 aliphatic heterocycles. The number of benzene rings is 9.